The molecule has 0 unspecified atom stereocenters. The maximum absolute atomic E-state index is 4.55. The Morgan fingerprint density at radius 1 is 0.929 bits per heavy atom. The van der Waals surface area contributed by atoms with Gasteiger partial charge < -0.3 is 55.8 Å². The summed E-state index contributed by atoms with van der Waals surface area (Å²) in [6.45, 7) is 3.60. The van der Waals surface area contributed by atoms with Crippen molar-refractivity contribution >= 4 is 5.84 Å². The van der Waals surface area contributed by atoms with Crippen molar-refractivity contribution in [3.8, 4) is 0 Å². The molecule has 0 atom stereocenters. The van der Waals surface area contributed by atoms with Crippen LogP contribution >= 0.6 is 0 Å². The lowest BCUT2D eigenvalue weighted by atomic mass is 10.2. The summed E-state index contributed by atoms with van der Waals surface area (Å²) in [5.41, 5.74) is 0. The van der Waals surface area contributed by atoms with Gasteiger partial charge in [-0.15, -0.1) is 0 Å². The molecule has 0 saturated carbocycles. The second kappa shape index (κ2) is 9.16. The number of nitrogens with zero attached hydrogens (tertiary/aromatic N) is 2. The van der Waals surface area contributed by atoms with Crippen molar-refractivity contribution in [2.45, 2.75) is 32.1 Å². The van der Waals surface area contributed by atoms with Crippen molar-refractivity contribution in [1.29, 1.82) is 0 Å². The van der Waals surface area contributed by atoms with Gasteiger partial charge in [0.25, 0.3) is 0 Å². The Kier molecular flexibility index (Phi) is 11.3. The number of amidine groups is 1. The highest BCUT2D eigenvalue weighted by atomic mass is 79.9. The summed E-state index contributed by atoms with van der Waals surface area (Å²) in [5, 5.41) is 0. The van der Waals surface area contributed by atoms with E-state index in [-0.39, 0.29) is 52.4 Å². The first-order valence-electron chi connectivity index (χ1n) is 4.75. The minimum atomic E-state index is 0. The monoisotopic (exact) mass is 390 g/mol. The van der Waals surface area contributed by atoms with E-state index in [0.29, 0.717) is 0 Å². The van der Waals surface area contributed by atoms with E-state index >= 15 is 0 Å². The number of aliphatic imine (C=N–C) groups is 1. The maximum Gasteiger partial charge on any atom is 1.00 e. The molecule has 2 nitrogen and oxygen atoms in total. The van der Waals surface area contributed by atoms with Gasteiger partial charge in [-0.05, 0) is 19.3 Å². The molecule has 14 heavy (non-hydrogen) atoms. The summed E-state index contributed by atoms with van der Waals surface area (Å²) in [6, 6.07) is 0. The van der Waals surface area contributed by atoms with Crippen LogP contribution in [0.1, 0.15) is 33.5 Å². The van der Waals surface area contributed by atoms with Crippen molar-refractivity contribution in [2.75, 3.05) is 19.6 Å². The average molecular weight is 393 g/mol. The Balaban J connectivity index is -0.000000360. The van der Waals surface area contributed by atoms with Crippen LogP contribution in [0.5, 0.6) is 0 Å². The van der Waals surface area contributed by atoms with Crippen LogP contribution in [0.2, 0.25) is 0 Å². The molecule has 86 valence electrons. The van der Waals surface area contributed by atoms with Crippen LogP contribution in [-0.4, -0.2) is 30.4 Å². The van der Waals surface area contributed by atoms with E-state index in [1.165, 1.54) is 51.0 Å². The van der Waals surface area contributed by atoms with E-state index in [1.807, 2.05) is 0 Å². The molecule has 5 heteroatoms. The SMILES string of the molecule is C1CCC2=NCCCN2CC1.[Br-].[Br-].[Br-].[H+]. The molecular formula is C9H17Br3N2-2. The molecule has 2 rings (SSSR count). The van der Waals surface area contributed by atoms with E-state index in [9.17, 15) is 0 Å². The van der Waals surface area contributed by atoms with Crippen molar-refractivity contribution < 1.29 is 52.4 Å². The topological polar surface area (TPSA) is 15.6 Å². The largest absolute Gasteiger partial charge is 1.00 e. The molecule has 1 saturated heterocycles. The minimum absolute atomic E-state index is 0. The highest BCUT2D eigenvalue weighted by molar-refractivity contribution is 5.83. The molecule has 2 aliphatic heterocycles. The average Bonchev–Trinajstić information content (AvgIpc) is 2.28. The molecule has 0 N–H and O–H groups in total. The second-order valence-corrected chi connectivity index (χ2v) is 3.45. The van der Waals surface area contributed by atoms with E-state index in [4.69, 9.17) is 0 Å². The van der Waals surface area contributed by atoms with Gasteiger partial charge >= 0.3 is 1.43 Å². The van der Waals surface area contributed by atoms with Crippen LogP contribution < -0.4 is 50.9 Å². The quantitative estimate of drug-likeness (QED) is 0.400. The van der Waals surface area contributed by atoms with Crippen LogP contribution in [0, 0.1) is 0 Å². The number of hydrogen-bond acceptors (Lipinski definition) is 2. The highest BCUT2D eigenvalue weighted by Crippen LogP contribution is 2.15. The zero-order chi connectivity index (χ0) is 7.52. The van der Waals surface area contributed by atoms with Crippen molar-refractivity contribution in [2.24, 2.45) is 4.99 Å². The standard InChI is InChI=1S/C9H16N2.3BrH/c1-2-5-9-10-6-4-8-11(9)7-3-1;;;/h1-8H2;3*1H/p-2. The normalized spacial score (nSPS) is 20.0. The molecule has 0 aromatic rings. The number of halogens is 3. The van der Waals surface area contributed by atoms with Gasteiger partial charge in [-0.3, -0.25) is 4.99 Å². The van der Waals surface area contributed by atoms with Crippen molar-refractivity contribution in [3.63, 3.8) is 0 Å². The van der Waals surface area contributed by atoms with Gasteiger partial charge in [-0.25, -0.2) is 0 Å². The Morgan fingerprint density at radius 2 is 1.64 bits per heavy atom. The van der Waals surface area contributed by atoms with Gasteiger partial charge in [0.05, 0.1) is 5.84 Å². The van der Waals surface area contributed by atoms with Crippen molar-refractivity contribution in [3.05, 3.63) is 0 Å². The molecule has 0 bridgehead atoms. The Bertz CT molecular complexity index is 179. The van der Waals surface area contributed by atoms with Gasteiger partial charge in [0, 0.05) is 26.1 Å². The molecule has 2 aliphatic rings. The summed E-state index contributed by atoms with van der Waals surface area (Å²) < 4.78 is 0. The van der Waals surface area contributed by atoms with Gasteiger partial charge in [0.1, 0.15) is 0 Å². The number of hydrogen-bond donors (Lipinski definition) is 0. The molecule has 2 heterocycles. The summed E-state index contributed by atoms with van der Waals surface area (Å²) in [5.74, 6) is 1.40. The molecule has 0 aromatic carbocycles. The lowest BCUT2D eigenvalue weighted by Crippen LogP contribution is -3.00. The molecule has 1 fully saturated rings. The van der Waals surface area contributed by atoms with Crippen molar-refractivity contribution in [1.82, 2.24) is 4.90 Å². The van der Waals surface area contributed by atoms with E-state index in [2.05, 4.69) is 9.89 Å². The summed E-state index contributed by atoms with van der Waals surface area (Å²) >= 11 is 0. The van der Waals surface area contributed by atoms with Crippen LogP contribution in [0.3, 0.4) is 0 Å². The lowest BCUT2D eigenvalue weighted by Gasteiger charge is -2.27. The zero-order valence-corrected chi connectivity index (χ0v) is 12.9. The molecule has 0 amide bonds. The minimum Gasteiger partial charge on any atom is -1.00 e. The first-order chi connectivity index (χ1) is 5.47. The first kappa shape index (κ1) is 17.3. The highest BCUT2D eigenvalue weighted by Gasteiger charge is 2.16. The summed E-state index contributed by atoms with van der Waals surface area (Å²) in [6.07, 6.45) is 6.63. The first-order valence-corrected chi connectivity index (χ1v) is 4.75. The van der Waals surface area contributed by atoms with Gasteiger partial charge in [-0.2, -0.15) is 0 Å². The maximum atomic E-state index is 4.55. The van der Waals surface area contributed by atoms with Gasteiger partial charge in [-0.1, -0.05) is 6.42 Å². The third-order valence-electron chi connectivity index (χ3n) is 2.57. The predicted octanol–water partition coefficient (Wildman–Crippen LogP) is -7.21. The predicted molar refractivity (Wildman–Crippen MR) is 48.1 cm³/mol. The van der Waals surface area contributed by atoms with Gasteiger partial charge in [0.15, 0.2) is 0 Å². The fourth-order valence-corrected chi connectivity index (χ4v) is 1.94. The molecule has 0 aliphatic carbocycles. The fourth-order valence-electron chi connectivity index (χ4n) is 1.94. The fraction of sp³-hybridized carbons (Fsp3) is 0.889. The van der Waals surface area contributed by atoms with Crippen LogP contribution in [-0.2, 0) is 0 Å². The number of fused-ring (bicyclic) bond motifs is 1. The Labute approximate surface area is 119 Å². The smallest absolute Gasteiger partial charge is 1.00 e. The summed E-state index contributed by atoms with van der Waals surface area (Å²) in [7, 11) is 0. The van der Waals surface area contributed by atoms with Crippen LogP contribution in [0.25, 0.3) is 0 Å². The van der Waals surface area contributed by atoms with Gasteiger partial charge in [0.2, 0.25) is 0 Å². The third-order valence-corrected chi connectivity index (χ3v) is 2.57. The Morgan fingerprint density at radius 3 is 2.43 bits per heavy atom. The molecule has 0 spiro atoms. The molecule has 0 radical (unpaired) electrons. The van der Waals surface area contributed by atoms with E-state index in [1.54, 1.807) is 0 Å². The summed E-state index contributed by atoms with van der Waals surface area (Å²) in [4.78, 5) is 7.04. The zero-order valence-electron chi connectivity index (χ0n) is 9.19. The van der Waals surface area contributed by atoms with Crippen LogP contribution in [0.15, 0.2) is 4.99 Å². The second-order valence-electron chi connectivity index (χ2n) is 3.45. The van der Waals surface area contributed by atoms with Crippen LogP contribution in [0.4, 0.5) is 0 Å². The molecular weight excluding hydrogens is 376 g/mol. The lowest BCUT2D eigenvalue weighted by molar-refractivity contribution is -0.00100. The Hall–Kier alpha value is 0.910. The van der Waals surface area contributed by atoms with E-state index < -0.39 is 0 Å². The number of rotatable bonds is 0. The van der Waals surface area contributed by atoms with E-state index in [0.717, 1.165) is 6.54 Å². The molecule has 0 aromatic heterocycles. The third kappa shape index (κ3) is 4.62.